The summed E-state index contributed by atoms with van der Waals surface area (Å²) < 4.78 is 25.6. The molecule has 0 aliphatic heterocycles. The van der Waals surface area contributed by atoms with Gasteiger partial charge in [-0.2, -0.15) is 5.10 Å². The third-order valence-electron chi connectivity index (χ3n) is 2.30. The number of aryl methyl sites for hydroxylation is 2. The van der Waals surface area contributed by atoms with E-state index in [1.165, 1.54) is 10.7 Å². The molecule has 1 aromatic heterocycles. The maximum absolute atomic E-state index is 12.1. The second kappa shape index (κ2) is 3.75. The maximum atomic E-state index is 12.1. The summed E-state index contributed by atoms with van der Waals surface area (Å²) in [6.45, 7) is 1.91. The van der Waals surface area contributed by atoms with Gasteiger partial charge in [-0.1, -0.05) is 17.7 Å². The van der Waals surface area contributed by atoms with Gasteiger partial charge < -0.3 is 0 Å². The van der Waals surface area contributed by atoms with Gasteiger partial charge in [0.2, 0.25) is 9.84 Å². The summed E-state index contributed by atoms with van der Waals surface area (Å²) in [6.07, 6.45) is 1.61. The topological polar surface area (TPSA) is 52.0 Å². The Bertz CT molecular complexity index is 597. The largest absolute Gasteiger partial charge is 0.275 e. The van der Waals surface area contributed by atoms with E-state index in [0.29, 0.717) is 0 Å². The van der Waals surface area contributed by atoms with Gasteiger partial charge in [-0.15, -0.1) is 0 Å². The Kier molecular flexibility index (Phi) is 2.55. The Morgan fingerprint density at radius 1 is 1.12 bits per heavy atom. The number of sulfone groups is 1. The van der Waals surface area contributed by atoms with E-state index in [0.717, 1.165) is 5.56 Å². The van der Waals surface area contributed by atoms with Gasteiger partial charge in [0, 0.05) is 13.2 Å². The van der Waals surface area contributed by atoms with Crippen LogP contribution in [0.25, 0.3) is 0 Å². The average molecular weight is 236 g/mol. The molecule has 0 atom stereocenters. The van der Waals surface area contributed by atoms with E-state index in [9.17, 15) is 8.42 Å². The van der Waals surface area contributed by atoms with E-state index in [1.54, 1.807) is 37.5 Å². The molecule has 0 aliphatic carbocycles. The lowest BCUT2D eigenvalue weighted by atomic mass is 10.2. The molecule has 1 heterocycles. The van der Waals surface area contributed by atoms with E-state index < -0.39 is 9.84 Å². The highest BCUT2D eigenvalue weighted by molar-refractivity contribution is 7.91. The molecule has 0 unspecified atom stereocenters. The van der Waals surface area contributed by atoms with Gasteiger partial charge in [0.15, 0.2) is 5.03 Å². The van der Waals surface area contributed by atoms with Crippen LogP contribution in [0.15, 0.2) is 46.5 Å². The van der Waals surface area contributed by atoms with Gasteiger partial charge >= 0.3 is 0 Å². The lowest BCUT2D eigenvalue weighted by molar-refractivity contribution is 0.588. The van der Waals surface area contributed by atoms with Gasteiger partial charge in [0.25, 0.3) is 0 Å². The maximum Gasteiger partial charge on any atom is 0.225 e. The Morgan fingerprint density at radius 2 is 1.75 bits per heavy atom. The molecule has 84 valence electrons. The fraction of sp³-hybridized carbons (Fsp3) is 0.182. The van der Waals surface area contributed by atoms with Gasteiger partial charge in [0.05, 0.1) is 4.90 Å². The van der Waals surface area contributed by atoms with Crippen molar-refractivity contribution in [2.75, 3.05) is 0 Å². The summed E-state index contributed by atoms with van der Waals surface area (Å²) in [6, 6.07) is 8.24. The first-order valence-electron chi connectivity index (χ1n) is 4.81. The molecule has 2 aromatic rings. The van der Waals surface area contributed by atoms with Gasteiger partial charge in [-0.05, 0) is 25.1 Å². The van der Waals surface area contributed by atoms with Crippen LogP contribution in [0.1, 0.15) is 5.56 Å². The molecule has 16 heavy (non-hydrogen) atoms. The minimum atomic E-state index is -3.47. The summed E-state index contributed by atoms with van der Waals surface area (Å²) >= 11 is 0. The zero-order chi connectivity index (χ0) is 11.8. The third kappa shape index (κ3) is 1.86. The number of benzene rings is 1. The second-order valence-electron chi connectivity index (χ2n) is 3.64. The molecule has 0 spiro atoms. The lowest BCUT2D eigenvalue weighted by Crippen LogP contribution is -2.03. The average Bonchev–Trinajstić information content (AvgIpc) is 2.66. The zero-order valence-corrected chi connectivity index (χ0v) is 9.90. The predicted octanol–water partition coefficient (Wildman–Crippen LogP) is 1.56. The van der Waals surface area contributed by atoms with Crippen molar-refractivity contribution in [1.29, 1.82) is 0 Å². The van der Waals surface area contributed by atoms with Gasteiger partial charge in [-0.25, -0.2) is 8.42 Å². The van der Waals surface area contributed by atoms with E-state index in [1.807, 2.05) is 6.92 Å². The summed E-state index contributed by atoms with van der Waals surface area (Å²) in [4.78, 5) is 0.275. The number of rotatable bonds is 2. The van der Waals surface area contributed by atoms with Crippen LogP contribution >= 0.6 is 0 Å². The van der Waals surface area contributed by atoms with Crippen LogP contribution in [-0.4, -0.2) is 18.2 Å². The van der Waals surface area contributed by atoms with E-state index >= 15 is 0 Å². The van der Waals surface area contributed by atoms with Crippen molar-refractivity contribution < 1.29 is 8.42 Å². The quantitative estimate of drug-likeness (QED) is 0.795. The van der Waals surface area contributed by atoms with Crippen LogP contribution in [0.5, 0.6) is 0 Å². The van der Waals surface area contributed by atoms with Crippen LogP contribution < -0.4 is 0 Å². The van der Waals surface area contributed by atoms with Crippen LogP contribution in [0.2, 0.25) is 0 Å². The zero-order valence-electron chi connectivity index (χ0n) is 9.08. The molecule has 0 aliphatic rings. The highest BCUT2D eigenvalue weighted by Crippen LogP contribution is 2.18. The summed E-state index contributed by atoms with van der Waals surface area (Å²) in [5.74, 6) is 0. The monoisotopic (exact) mass is 236 g/mol. The first-order valence-corrected chi connectivity index (χ1v) is 6.30. The van der Waals surface area contributed by atoms with Crippen LogP contribution in [0.4, 0.5) is 0 Å². The molecule has 0 fully saturated rings. The minimum Gasteiger partial charge on any atom is -0.275 e. The van der Waals surface area contributed by atoms with Crippen molar-refractivity contribution >= 4 is 9.84 Å². The molecule has 1 aromatic carbocycles. The predicted molar refractivity (Wildman–Crippen MR) is 59.8 cm³/mol. The molecule has 0 bridgehead atoms. The highest BCUT2D eigenvalue weighted by Gasteiger charge is 2.19. The van der Waals surface area contributed by atoms with E-state index in [4.69, 9.17) is 0 Å². The van der Waals surface area contributed by atoms with E-state index in [-0.39, 0.29) is 9.92 Å². The van der Waals surface area contributed by atoms with Gasteiger partial charge in [0.1, 0.15) is 0 Å². The molecule has 2 rings (SSSR count). The van der Waals surface area contributed by atoms with Crippen molar-refractivity contribution in [2.24, 2.45) is 7.05 Å². The standard InChI is InChI=1S/C11H12N2O2S/c1-9-3-5-10(6-4-9)16(14,15)11-7-8-13(2)12-11/h3-8H,1-2H3. The van der Waals surface area contributed by atoms with E-state index in [2.05, 4.69) is 5.10 Å². The van der Waals surface area contributed by atoms with Crippen molar-refractivity contribution in [3.05, 3.63) is 42.1 Å². The molecule has 4 nitrogen and oxygen atoms in total. The molecular formula is C11H12N2O2S. The third-order valence-corrected chi connectivity index (χ3v) is 3.96. The number of hydrogen-bond acceptors (Lipinski definition) is 3. The fourth-order valence-electron chi connectivity index (χ4n) is 1.38. The summed E-state index contributed by atoms with van der Waals surface area (Å²) in [5, 5.41) is 3.99. The fourth-order valence-corrected chi connectivity index (χ4v) is 2.59. The van der Waals surface area contributed by atoms with Crippen LogP contribution in [0, 0.1) is 6.92 Å². The molecule has 0 amide bonds. The number of aromatic nitrogens is 2. The Hall–Kier alpha value is -1.62. The highest BCUT2D eigenvalue weighted by atomic mass is 32.2. The Morgan fingerprint density at radius 3 is 2.25 bits per heavy atom. The lowest BCUT2D eigenvalue weighted by Gasteiger charge is -2.01. The van der Waals surface area contributed by atoms with Crippen molar-refractivity contribution in [2.45, 2.75) is 16.8 Å². The minimum absolute atomic E-state index is 0.0823. The molecule has 0 saturated heterocycles. The van der Waals surface area contributed by atoms with Crippen molar-refractivity contribution in [3.8, 4) is 0 Å². The molecule has 0 saturated carbocycles. The molecule has 0 N–H and O–H groups in total. The smallest absolute Gasteiger partial charge is 0.225 e. The van der Waals surface area contributed by atoms with Crippen molar-refractivity contribution in [1.82, 2.24) is 9.78 Å². The molecule has 0 radical (unpaired) electrons. The summed E-state index contributed by atoms with van der Waals surface area (Å²) in [7, 11) is -1.78. The second-order valence-corrected chi connectivity index (χ2v) is 5.54. The summed E-state index contributed by atoms with van der Waals surface area (Å²) in [5.41, 5.74) is 1.03. The first kappa shape index (κ1) is 10.9. The normalized spacial score (nSPS) is 11.6. The SMILES string of the molecule is Cc1ccc(S(=O)(=O)c2ccn(C)n2)cc1. The Balaban J connectivity index is 2.51. The van der Waals surface area contributed by atoms with Gasteiger partial charge in [-0.3, -0.25) is 4.68 Å². The Labute approximate surface area is 94.5 Å². The number of hydrogen-bond donors (Lipinski definition) is 0. The first-order chi connectivity index (χ1) is 7.50. The van der Waals surface area contributed by atoms with Crippen LogP contribution in [-0.2, 0) is 16.9 Å². The van der Waals surface area contributed by atoms with Crippen LogP contribution in [0.3, 0.4) is 0 Å². The number of nitrogens with zero attached hydrogens (tertiary/aromatic N) is 2. The molecular weight excluding hydrogens is 224 g/mol. The van der Waals surface area contributed by atoms with Crippen molar-refractivity contribution in [3.63, 3.8) is 0 Å². The molecule has 5 heteroatoms.